The monoisotopic (exact) mass is 312 g/mol. The van der Waals surface area contributed by atoms with Crippen LogP contribution in [0.1, 0.15) is 81.5 Å². The fraction of sp³-hybridized carbons (Fsp3) is 0.714. The summed E-state index contributed by atoms with van der Waals surface area (Å²) in [5.41, 5.74) is 7.77. The molecule has 0 aromatic heterocycles. The van der Waals surface area contributed by atoms with Crippen LogP contribution in [0.2, 0.25) is 18.6 Å². The SMILES string of the molecule is Cc1cc2c3c4c1C(C)(C)CCC4CC[Si]3(C)CCC2(C)C. The van der Waals surface area contributed by atoms with E-state index < -0.39 is 8.07 Å². The predicted octanol–water partition coefficient (Wildman–Crippen LogP) is 5.52. The number of hydrogen-bond donors (Lipinski definition) is 0. The molecule has 0 radical (unpaired) electrons. The largest absolute Gasteiger partial charge is 0.0845 e. The van der Waals surface area contributed by atoms with Crippen LogP contribution in [-0.4, -0.2) is 8.07 Å². The van der Waals surface area contributed by atoms with Crippen LogP contribution >= 0.6 is 0 Å². The molecular weight excluding hydrogens is 280 g/mol. The first-order chi connectivity index (χ1) is 10.2. The van der Waals surface area contributed by atoms with Gasteiger partial charge in [0.1, 0.15) is 0 Å². The van der Waals surface area contributed by atoms with Gasteiger partial charge in [-0.05, 0) is 71.6 Å². The number of benzene rings is 1. The molecule has 120 valence electrons. The van der Waals surface area contributed by atoms with Crippen LogP contribution in [0.15, 0.2) is 6.07 Å². The van der Waals surface area contributed by atoms with Crippen LogP contribution < -0.4 is 5.19 Å². The van der Waals surface area contributed by atoms with Gasteiger partial charge in [-0.3, -0.25) is 0 Å². The maximum Gasteiger partial charge on any atom is 0.0845 e. The molecule has 2 aliphatic heterocycles. The highest BCUT2D eigenvalue weighted by Crippen LogP contribution is 2.52. The molecule has 1 aromatic carbocycles. The third kappa shape index (κ3) is 1.81. The lowest BCUT2D eigenvalue weighted by Crippen LogP contribution is -2.58. The van der Waals surface area contributed by atoms with Gasteiger partial charge in [-0.1, -0.05) is 57.6 Å². The molecule has 4 rings (SSSR count). The van der Waals surface area contributed by atoms with E-state index in [9.17, 15) is 0 Å². The first-order valence-electron chi connectivity index (χ1n) is 9.35. The van der Waals surface area contributed by atoms with Crippen LogP contribution in [0.4, 0.5) is 0 Å². The van der Waals surface area contributed by atoms with Crippen LogP contribution in [0.25, 0.3) is 0 Å². The molecule has 2 heterocycles. The van der Waals surface area contributed by atoms with E-state index in [1.54, 1.807) is 22.7 Å². The molecular formula is C21H32Si. The van der Waals surface area contributed by atoms with Gasteiger partial charge in [0.2, 0.25) is 0 Å². The van der Waals surface area contributed by atoms with Crippen molar-refractivity contribution in [3.8, 4) is 0 Å². The normalized spacial score (nSPS) is 34.2. The molecule has 0 nitrogen and oxygen atoms in total. The average Bonchev–Trinajstić information content (AvgIpc) is 2.42. The van der Waals surface area contributed by atoms with E-state index in [4.69, 9.17) is 0 Å². The van der Waals surface area contributed by atoms with Crippen LogP contribution in [0.3, 0.4) is 0 Å². The molecule has 1 aromatic rings. The second-order valence-electron chi connectivity index (χ2n) is 10.0. The van der Waals surface area contributed by atoms with Crippen LogP contribution in [0, 0.1) is 6.92 Å². The Bertz CT molecular complexity index is 652. The number of hydrogen-bond acceptors (Lipinski definition) is 0. The Hall–Kier alpha value is -0.563. The van der Waals surface area contributed by atoms with Crippen LogP contribution in [-0.2, 0) is 10.8 Å². The summed E-state index contributed by atoms with van der Waals surface area (Å²) in [7, 11) is -1.22. The Morgan fingerprint density at radius 3 is 2.45 bits per heavy atom. The van der Waals surface area contributed by atoms with Gasteiger partial charge in [0.25, 0.3) is 0 Å². The van der Waals surface area contributed by atoms with E-state index in [0.29, 0.717) is 10.8 Å². The number of rotatable bonds is 0. The van der Waals surface area contributed by atoms with Gasteiger partial charge in [0.15, 0.2) is 0 Å². The van der Waals surface area contributed by atoms with Crippen molar-refractivity contribution in [2.75, 3.05) is 0 Å². The summed E-state index contributed by atoms with van der Waals surface area (Å²) < 4.78 is 0. The highest BCUT2D eigenvalue weighted by Gasteiger charge is 2.49. The molecule has 1 heteroatoms. The third-order valence-electron chi connectivity index (χ3n) is 7.45. The van der Waals surface area contributed by atoms with E-state index in [2.05, 4.69) is 47.2 Å². The Balaban J connectivity index is 2.12. The third-order valence-corrected chi connectivity index (χ3v) is 11.9. The second-order valence-corrected chi connectivity index (χ2v) is 14.6. The van der Waals surface area contributed by atoms with Crippen molar-refractivity contribution >= 4 is 13.3 Å². The van der Waals surface area contributed by atoms with E-state index in [0.717, 1.165) is 5.92 Å². The summed E-state index contributed by atoms with van der Waals surface area (Å²) in [5.74, 6) is 0.881. The molecule has 0 amide bonds. The molecule has 0 N–H and O–H groups in total. The smallest absolute Gasteiger partial charge is 0.0652 e. The molecule has 22 heavy (non-hydrogen) atoms. The minimum atomic E-state index is -1.22. The summed E-state index contributed by atoms with van der Waals surface area (Å²) >= 11 is 0. The van der Waals surface area contributed by atoms with Gasteiger partial charge < -0.3 is 0 Å². The zero-order chi connectivity index (χ0) is 15.9. The lowest BCUT2D eigenvalue weighted by molar-refractivity contribution is 0.380. The average molecular weight is 313 g/mol. The maximum absolute atomic E-state index is 2.70. The molecule has 2 unspecified atom stereocenters. The van der Waals surface area contributed by atoms with E-state index in [1.807, 2.05) is 10.8 Å². The fourth-order valence-electron chi connectivity index (χ4n) is 6.02. The quantitative estimate of drug-likeness (QED) is 0.553. The van der Waals surface area contributed by atoms with E-state index in [1.165, 1.54) is 31.7 Å². The zero-order valence-corrected chi connectivity index (χ0v) is 16.4. The standard InChI is InChI=1S/C21H32Si/c1-14-13-16-19-17-15(7-9-21(4,5)18(14)17)8-11-22(19,6)12-10-20(16,2)3/h13,15H,7-12H2,1-6H3. The topological polar surface area (TPSA) is 0 Å². The van der Waals surface area contributed by atoms with Gasteiger partial charge in [0, 0.05) is 0 Å². The van der Waals surface area contributed by atoms with Gasteiger partial charge in [0.05, 0.1) is 8.07 Å². The van der Waals surface area contributed by atoms with Gasteiger partial charge in [-0.15, -0.1) is 0 Å². The summed E-state index contributed by atoms with van der Waals surface area (Å²) in [6.07, 6.45) is 5.71. The van der Waals surface area contributed by atoms with Crippen molar-refractivity contribution in [3.05, 3.63) is 28.3 Å². The fourth-order valence-corrected chi connectivity index (χ4v) is 11.0. The van der Waals surface area contributed by atoms with Crippen molar-refractivity contribution in [2.24, 2.45) is 0 Å². The molecule has 2 atom stereocenters. The molecule has 0 fully saturated rings. The Labute approximate surface area is 137 Å². The Morgan fingerprint density at radius 1 is 1.00 bits per heavy atom. The van der Waals surface area contributed by atoms with Gasteiger partial charge >= 0.3 is 0 Å². The van der Waals surface area contributed by atoms with Crippen molar-refractivity contribution in [2.45, 2.75) is 95.7 Å². The molecule has 0 spiro atoms. The molecule has 3 aliphatic rings. The zero-order valence-electron chi connectivity index (χ0n) is 15.4. The summed E-state index contributed by atoms with van der Waals surface area (Å²) in [4.78, 5) is 0. The second kappa shape index (κ2) is 4.29. The molecule has 0 bridgehead atoms. The number of aryl methyl sites for hydroxylation is 1. The van der Waals surface area contributed by atoms with Crippen molar-refractivity contribution < 1.29 is 0 Å². The van der Waals surface area contributed by atoms with Crippen LogP contribution in [0.5, 0.6) is 0 Å². The lowest BCUT2D eigenvalue weighted by atomic mass is 9.64. The first kappa shape index (κ1) is 15.0. The maximum atomic E-state index is 2.70. The highest BCUT2D eigenvalue weighted by molar-refractivity contribution is 6.92. The summed E-state index contributed by atoms with van der Waals surface area (Å²) in [6, 6.07) is 5.69. The van der Waals surface area contributed by atoms with Gasteiger partial charge in [-0.2, -0.15) is 0 Å². The van der Waals surface area contributed by atoms with Gasteiger partial charge in [-0.25, -0.2) is 0 Å². The van der Waals surface area contributed by atoms with E-state index >= 15 is 0 Å². The highest BCUT2D eigenvalue weighted by atomic mass is 28.3. The minimum absolute atomic E-state index is 0.388. The Morgan fingerprint density at radius 2 is 1.73 bits per heavy atom. The summed E-state index contributed by atoms with van der Waals surface area (Å²) in [6.45, 7) is 15.1. The molecule has 1 aliphatic carbocycles. The summed E-state index contributed by atoms with van der Waals surface area (Å²) in [5, 5.41) is 1.94. The predicted molar refractivity (Wildman–Crippen MR) is 99.3 cm³/mol. The van der Waals surface area contributed by atoms with Crippen molar-refractivity contribution in [1.29, 1.82) is 0 Å². The van der Waals surface area contributed by atoms with Crippen molar-refractivity contribution in [1.82, 2.24) is 0 Å². The first-order valence-corrected chi connectivity index (χ1v) is 12.3. The van der Waals surface area contributed by atoms with Crippen molar-refractivity contribution in [3.63, 3.8) is 0 Å². The molecule has 0 saturated carbocycles. The molecule has 0 saturated heterocycles. The Kier molecular flexibility index (Phi) is 2.92. The lowest BCUT2D eigenvalue weighted by Gasteiger charge is -2.52. The van der Waals surface area contributed by atoms with E-state index in [-0.39, 0.29) is 0 Å². The minimum Gasteiger partial charge on any atom is -0.0652 e.